The van der Waals surface area contributed by atoms with Crippen molar-refractivity contribution in [1.29, 1.82) is 0 Å². The fourth-order valence-electron chi connectivity index (χ4n) is 5.88. The predicted octanol–water partition coefficient (Wildman–Crippen LogP) is 4.18. The second-order valence-electron chi connectivity index (χ2n) is 8.69. The van der Waals surface area contributed by atoms with Crippen molar-refractivity contribution in [3.63, 3.8) is 0 Å². The van der Waals surface area contributed by atoms with Gasteiger partial charge in [0.2, 0.25) is 0 Å². The average Bonchev–Trinajstić information content (AvgIpc) is 2.81. The summed E-state index contributed by atoms with van der Waals surface area (Å²) >= 11 is 0. The summed E-state index contributed by atoms with van der Waals surface area (Å²) in [6.07, 6.45) is 9.09. The molecule has 4 aliphatic carbocycles. The summed E-state index contributed by atoms with van der Waals surface area (Å²) in [7, 11) is 0. The van der Waals surface area contributed by atoms with Crippen LogP contribution in [0.15, 0.2) is 23.3 Å². The van der Waals surface area contributed by atoms with Gasteiger partial charge < -0.3 is 10.2 Å². The molecule has 128 valence electrons. The van der Waals surface area contributed by atoms with E-state index >= 15 is 0 Å². The molecular formula is C20H30O3. The van der Waals surface area contributed by atoms with Crippen LogP contribution < -0.4 is 0 Å². The van der Waals surface area contributed by atoms with E-state index in [-0.39, 0.29) is 16.4 Å². The van der Waals surface area contributed by atoms with Crippen LogP contribution in [0.3, 0.4) is 0 Å². The molecule has 23 heavy (non-hydrogen) atoms. The van der Waals surface area contributed by atoms with E-state index in [2.05, 4.69) is 26.8 Å². The number of hydrogen-bond donors (Lipinski definition) is 2. The quantitative estimate of drug-likeness (QED) is 0.604. The lowest BCUT2D eigenvalue weighted by atomic mass is 9.45. The lowest BCUT2D eigenvalue weighted by Gasteiger charge is -2.60. The maximum atomic E-state index is 11.0. The Hall–Kier alpha value is -1.09. The Kier molecular flexibility index (Phi) is 3.99. The van der Waals surface area contributed by atoms with Gasteiger partial charge in [0.05, 0.1) is 6.10 Å². The molecule has 0 unspecified atom stereocenters. The van der Waals surface area contributed by atoms with Crippen LogP contribution in [-0.2, 0) is 4.79 Å². The zero-order chi connectivity index (χ0) is 17.0. The highest BCUT2D eigenvalue weighted by atomic mass is 16.4. The van der Waals surface area contributed by atoms with Gasteiger partial charge in [-0.3, -0.25) is 0 Å². The third-order valence-electron chi connectivity index (χ3n) is 7.19. The smallest absolute Gasteiger partial charge is 0.331 e. The van der Waals surface area contributed by atoms with Crippen molar-refractivity contribution in [1.82, 2.24) is 0 Å². The summed E-state index contributed by atoms with van der Waals surface area (Å²) < 4.78 is 0. The molecule has 0 amide bonds. The van der Waals surface area contributed by atoms with Crippen LogP contribution in [0.4, 0.5) is 0 Å². The number of aliphatic carboxylic acids is 1. The standard InChI is InChI=1S/C20H30O3/c1-12-5-7-20-8-6-14(10-16(12)20)19(3,4)17(20)11-15(21)9-13(2)18(22)23/h9-10,12,14-15,17,21H,5-8,11H2,1-4H3,(H,22,23)/b13-9+/t12-,14+,15-,17+,20-/m0/s1. The molecule has 4 rings (SSSR count). The first-order chi connectivity index (χ1) is 10.7. The lowest BCUT2D eigenvalue weighted by molar-refractivity contribution is -0.132. The maximum Gasteiger partial charge on any atom is 0.331 e. The van der Waals surface area contributed by atoms with Gasteiger partial charge in [-0.05, 0) is 73.7 Å². The average molecular weight is 318 g/mol. The Bertz CT molecular complexity index is 571. The molecule has 0 heterocycles. The minimum Gasteiger partial charge on any atom is -0.478 e. The molecule has 2 bridgehead atoms. The number of aliphatic hydroxyl groups excluding tert-OH is 1. The number of aliphatic hydroxyl groups is 1. The lowest BCUT2D eigenvalue weighted by Crippen LogP contribution is -2.52. The van der Waals surface area contributed by atoms with Gasteiger partial charge in [-0.2, -0.15) is 0 Å². The van der Waals surface area contributed by atoms with Crippen LogP contribution in [0.2, 0.25) is 0 Å². The Morgan fingerprint density at radius 3 is 2.70 bits per heavy atom. The molecule has 5 atom stereocenters. The van der Waals surface area contributed by atoms with E-state index in [0.29, 0.717) is 24.2 Å². The summed E-state index contributed by atoms with van der Waals surface area (Å²) in [6, 6.07) is 0. The number of carboxylic acids is 1. The van der Waals surface area contributed by atoms with E-state index in [1.165, 1.54) is 31.8 Å². The molecule has 0 aromatic heterocycles. The highest BCUT2D eigenvalue weighted by molar-refractivity contribution is 5.85. The molecule has 2 saturated carbocycles. The number of allylic oxidation sites excluding steroid dienone is 2. The molecular weight excluding hydrogens is 288 g/mol. The second kappa shape index (κ2) is 5.47. The number of fused-ring (bicyclic) bond motifs is 2. The first kappa shape index (κ1) is 16.8. The molecule has 0 radical (unpaired) electrons. The molecule has 3 nitrogen and oxygen atoms in total. The monoisotopic (exact) mass is 318 g/mol. The fourth-order valence-corrected chi connectivity index (χ4v) is 5.88. The maximum absolute atomic E-state index is 11.0. The van der Waals surface area contributed by atoms with Gasteiger partial charge >= 0.3 is 5.97 Å². The molecule has 0 aromatic carbocycles. The van der Waals surface area contributed by atoms with Crippen LogP contribution in [0.25, 0.3) is 0 Å². The van der Waals surface area contributed by atoms with Crippen LogP contribution in [0.1, 0.15) is 59.8 Å². The van der Waals surface area contributed by atoms with Crippen LogP contribution in [0.5, 0.6) is 0 Å². The van der Waals surface area contributed by atoms with Gasteiger partial charge in [0.25, 0.3) is 0 Å². The molecule has 2 fully saturated rings. The summed E-state index contributed by atoms with van der Waals surface area (Å²) in [4.78, 5) is 11.0. The number of rotatable bonds is 4. The Morgan fingerprint density at radius 2 is 2.04 bits per heavy atom. The zero-order valence-electron chi connectivity index (χ0n) is 14.8. The third kappa shape index (κ3) is 2.48. The number of hydrogen-bond acceptors (Lipinski definition) is 2. The van der Waals surface area contributed by atoms with E-state index in [1.54, 1.807) is 12.5 Å². The van der Waals surface area contributed by atoms with Crippen molar-refractivity contribution in [2.24, 2.45) is 28.6 Å². The van der Waals surface area contributed by atoms with Crippen molar-refractivity contribution >= 4 is 5.97 Å². The topological polar surface area (TPSA) is 57.5 Å². The molecule has 2 N–H and O–H groups in total. The van der Waals surface area contributed by atoms with Gasteiger partial charge in [-0.1, -0.05) is 32.4 Å². The molecule has 0 aromatic rings. The Morgan fingerprint density at radius 1 is 1.39 bits per heavy atom. The van der Waals surface area contributed by atoms with Crippen molar-refractivity contribution in [3.8, 4) is 0 Å². The van der Waals surface area contributed by atoms with Gasteiger partial charge in [0.1, 0.15) is 0 Å². The van der Waals surface area contributed by atoms with Gasteiger partial charge in [0.15, 0.2) is 0 Å². The van der Waals surface area contributed by atoms with Crippen molar-refractivity contribution in [2.75, 3.05) is 0 Å². The normalized spacial score (nSPS) is 39.8. The van der Waals surface area contributed by atoms with Crippen molar-refractivity contribution < 1.29 is 15.0 Å². The van der Waals surface area contributed by atoms with E-state index in [0.717, 1.165) is 0 Å². The predicted molar refractivity (Wildman–Crippen MR) is 90.9 cm³/mol. The summed E-state index contributed by atoms with van der Waals surface area (Å²) in [6.45, 7) is 8.60. The first-order valence-electron chi connectivity index (χ1n) is 9.00. The van der Waals surface area contributed by atoms with Crippen LogP contribution in [-0.4, -0.2) is 22.3 Å². The molecule has 4 aliphatic rings. The highest BCUT2D eigenvalue weighted by Crippen LogP contribution is 2.69. The summed E-state index contributed by atoms with van der Waals surface area (Å²) in [5.74, 6) is 0.764. The SMILES string of the molecule is C/C(=C\[C@H](O)C[C@@H]1C(C)(C)[C@H]2C=C3[C@@H](C)CC[C@]31CC2)C(=O)O. The third-order valence-corrected chi connectivity index (χ3v) is 7.19. The molecule has 0 saturated heterocycles. The summed E-state index contributed by atoms with van der Waals surface area (Å²) in [5.41, 5.74) is 2.31. The fraction of sp³-hybridized carbons (Fsp3) is 0.750. The van der Waals surface area contributed by atoms with E-state index in [9.17, 15) is 9.90 Å². The van der Waals surface area contributed by atoms with E-state index < -0.39 is 12.1 Å². The number of carboxylic acid groups (broad SMARTS) is 1. The Balaban J connectivity index is 1.91. The van der Waals surface area contributed by atoms with Gasteiger partial charge in [-0.25, -0.2) is 4.79 Å². The van der Waals surface area contributed by atoms with Gasteiger partial charge in [-0.15, -0.1) is 0 Å². The van der Waals surface area contributed by atoms with Crippen LogP contribution in [0, 0.1) is 28.6 Å². The largest absolute Gasteiger partial charge is 0.478 e. The highest BCUT2D eigenvalue weighted by Gasteiger charge is 2.60. The van der Waals surface area contributed by atoms with Gasteiger partial charge in [0, 0.05) is 5.57 Å². The molecule has 0 aliphatic heterocycles. The number of carbonyl (C=O) groups is 1. The first-order valence-corrected chi connectivity index (χ1v) is 9.00. The van der Waals surface area contributed by atoms with Crippen molar-refractivity contribution in [2.45, 2.75) is 65.9 Å². The van der Waals surface area contributed by atoms with Crippen molar-refractivity contribution in [3.05, 3.63) is 23.3 Å². The van der Waals surface area contributed by atoms with E-state index in [4.69, 9.17) is 5.11 Å². The summed E-state index contributed by atoms with van der Waals surface area (Å²) in [5, 5.41) is 19.5. The second-order valence-corrected chi connectivity index (χ2v) is 8.69. The molecule has 1 spiro atoms. The van der Waals surface area contributed by atoms with E-state index in [1.807, 2.05) is 0 Å². The Labute approximate surface area is 139 Å². The van der Waals surface area contributed by atoms with Crippen LogP contribution >= 0.6 is 0 Å². The minimum atomic E-state index is -0.943. The minimum absolute atomic E-state index is 0.178. The molecule has 3 heteroatoms. The zero-order valence-corrected chi connectivity index (χ0v) is 14.8.